The van der Waals surface area contributed by atoms with E-state index in [1.165, 1.54) is 18.2 Å². The number of rotatable bonds is 3. The zero-order valence-corrected chi connectivity index (χ0v) is 16.2. The fourth-order valence-corrected chi connectivity index (χ4v) is 3.93. The van der Waals surface area contributed by atoms with Crippen molar-refractivity contribution in [2.45, 2.75) is 18.8 Å². The van der Waals surface area contributed by atoms with Gasteiger partial charge < -0.3 is 14.4 Å². The predicted molar refractivity (Wildman–Crippen MR) is 103 cm³/mol. The van der Waals surface area contributed by atoms with Gasteiger partial charge in [0.05, 0.1) is 31.9 Å². The molecule has 2 aromatic carbocycles. The van der Waals surface area contributed by atoms with Crippen LogP contribution in [0.4, 0.5) is 8.78 Å². The summed E-state index contributed by atoms with van der Waals surface area (Å²) in [6, 6.07) is 12.7. The third-order valence-electron chi connectivity index (χ3n) is 5.35. The Hall–Kier alpha value is -2.35. The molecule has 0 bridgehead atoms. The Kier molecular flexibility index (Phi) is 5.89. The maximum Gasteiger partial charge on any atom is 0.257 e. The van der Waals surface area contributed by atoms with E-state index in [4.69, 9.17) is 9.47 Å². The van der Waals surface area contributed by atoms with E-state index in [2.05, 4.69) is 4.90 Å². The largest absolute Gasteiger partial charge is 0.347 e. The Bertz CT molecular complexity index is 879. The number of nitrogens with zero attached hydrogens (tertiary/aromatic N) is 2. The number of halogens is 2. The molecule has 2 heterocycles. The van der Waals surface area contributed by atoms with Gasteiger partial charge in [0.15, 0.2) is 5.79 Å². The van der Waals surface area contributed by atoms with Crippen molar-refractivity contribution in [2.75, 3.05) is 39.4 Å². The molecule has 1 unspecified atom stereocenters. The molecular formula is C22H24F2N2O3. The Morgan fingerprint density at radius 2 is 1.66 bits per heavy atom. The normalized spacial score (nSPS) is 23.2. The van der Waals surface area contributed by atoms with Gasteiger partial charge in [-0.3, -0.25) is 9.69 Å². The quantitative estimate of drug-likeness (QED) is 0.792. The first-order valence-electron chi connectivity index (χ1n) is 9.84. The lowest BCUT2D eigenvalue weighted by molar-refractivity contribution is -0.261. The number of morpholine rings is 1. The summed E-state index contributed by atoms with van der Waals surface area (Å²) >= 11 is 0. The highest BCUT2D eigenvalue weighted by Crippen LogP contribution is 2.27. The highest BCUT2D eigenvalue weighted by molar-refractivity contribution is 5.94. The number of hydrogen-bond donors (Lipinski definition) is 0. The molecule has 1 spiro atoms. The first-order valence-corrected chi connectivity index (χ1v) is 9.84. The van der Waals surface area contributed by atoms with Gasteiger partial charge in [0.2, 0.25) is 0 Å². The van der Waals surface area contributed by atoms with E-state index in [-0.39, 0.29) is 23.8 Å². The van der Waals surface area contributed by atoms with E-state index >= 15 is 0 Å². The summed E-state index contributed by atoms with van der Waals surface area (Å²) in [6.45, 7) is 2.92. The molecule has 29 heavy (non-hydrogen) atoms. The number of ether oxygens (including phenoxy) is 2. The summed E-state index contributed by atoms with van der Waals surface area (Å²) < 4.78 is 40.2. The minimum Gasteiger partial charge on any atom is -0.347 e. The van der Waals surface area contributed by atoms with Crippen molar-refractivity contribution in [3.8, 4) is 0 Å². The summed E-state index contributed by atoms with van der Waals surface area (Å²) in [5.41, 5.74) is 0.654. The molecule has 154 valence electrons. The average Bonchev–Trinajstić information content (AvgIpc) is 2.91. The van der Waals surface area contributed by atoms with Gasteiger partial charge in [-0.25, -0.2) is 8.78 Å². The van der Waals surface area contributed by atoms with Crippen LogP contribution in [0.3, 0.4) is 0 Å². The number of carbonyl (C=O) groups is 1. The minimum atomic E-state index is -0.999. The van der Waals surface area contributed by atoms with Gasteiger partial charge in [-0.1, -0.05) is 30.3 Å². The van der Waals surface area contributed by atoms with Gasteiger partial charge in [-0.05, 0) is 24.6 Å². The molecule has 2 aromatic rings. The van der Waals surface area contributed by atoms with Gasteiger partial charge in [0.25, 0.3) is 5.91 Å². The topological polar surface area (TPSA) is 42.0 Å². The smallest absolute Gasteiger partial charge is 0.257 e. The van der Waals surface area contributed by atoms with Crippen molar-refractivity contribution in [2.24, 2.45) is 0 Å². The Morgan fingerprint density at radius 3 is 2.45 bits per heavy atom. The molecule has 2 fully saturated rings. The molecule has 0 aliphatic carbocycles. The molecule has 7 heteroatoms. The standard InChI is InChI=1S/C22H24F2N2O3/c23-19-8-3-1-6-17(19)14-25-10-5-12-28-22(15-25)16-26(11-13-29-22)21(27)18-7-2-4-9-20(18)24/h1-4,6-9H,5,10-16H2. The van der Waals surface area contributed by atoms with Crippen molar-refractivity contribution < 1.29 is 23.0 Å². The van der Waals surface area contributed by atoms with Crippen LogP contribution in [0.5, 0.6) is 0 Å². The van der Waals surface area contributed by atoms with Crippen LogP contribution in [0.2, 0.25) is 0 Å². The zero-order chi connectivity index (χ0) is 20.3. The van der Waals surface area contributed by atoms with Crippen LogP contribution < -0.4 is 0 Å². The lowest BCUT2D eigenvalue weighted by Crippen LogP contribution is -2.59. The van der Waals surface area contributed by atoms with Crippen molar-refractivity contribution in [3.05, 3.63) is 71.3 Å². The second kappa shape index (κ2) is 8.57. The van der Waals surface area contributed by atoms with Crippen molar-refractivity contribution in [3.63, 3.8) is 0 Å². The van der Waals surface area contributed by atoms with Crippen molar-refractivity contribution >= 4 is 5.91 Å². The van der Waals surface area contributed by atoms with Gasteiger partial charge in [0.1, 0.15) is 11.6 Å². The van der Waals surface area contributed by atoms with Gasteiger partial charge in [0, 0.05) is 25.2 Å². The van der Waals surface area contributed by atoms with E-state index in [0.717, 1.165) is 13.0 Å². The second-order valence-corrected chi connectivity index (χ2v) is 7.47. The molecule has 2 aliphatic heterocycles. The first kappa shape index (κ1) is 19.9. The van der Waals surface area contributed by atoms with E-state index in [1.807, 2.05) is 6.07 Å². The van der Waals surface area contributed by atoms with Crippen LogP contribution in [-0.2, 0) is 16.0 Å². The third-order valence-corrected chi connectivity index (χ3v) is 5.35. The van der Waals surface area contributed by atoms with E-state index in [1.54, 1.807) is 29.2 Å². The Morgan fingerprint density at radius 1 is 0.931 bits per heavy atom. The molecular weight excluding hydrogens is 378 g/mol. The van der Waals surface area contributed by atoms with Gasteiger partial charge >= 0.3 is 0 Å². The van der Waals surface area contributed by atoms with E-state index in [9.17, 15) is 13.6 Å². The Balaban J connectivity index is 1.50. The zero-order valence-electron chi connectivity index (χ0n) is 16.2. The predicted octanol–water partition coefficient (Wildman–Crippen LogP) is 3.06. The van der Waals surface area contributed by atoms with Crippen LogP contribution in [0.15, 0.2) is 48.5 Å². The van der Waals surface area contributed by atoms with Crippen LogP contribution in [0, 0.1) is 11.6 Å². The number of amides is 1. The number of carbonyl (C=O) groups excluding carboxylic acids is 1. The fraction of sp³-hybridized carbons (Fsp3) is 0.409. The summed E-state index contributed by atoms with van der Waals surface area (Å²) in [5, 5.41) is 0. The molecule has 2 aliphatic rings. The summed E-state index contributed by atoms with van der Waals surface area (Å²) in [5.74, 6) is -2.16. The molecule has 0 saturated carbocycles. The molecule has 1 amide bonds. The summed E-state index contributed by atoms with van der Waals surface area (Å²) in [4.78, 5) is 16.5. The number of benzene rings is 2. The minimum absolute atomic E-state index is 0.0429. The molecule has 0 radical (unpaired) electrons. The van der Waals surface area contributed by atoms with E-state index in [0.29, 0.717) is 38.4 Å². The fourth-order valence-electron chi connectivity index (χ4n) is 3.93. The maximum atomic E-state index is 14.1. The van der Waals surface area contributed by atoms with Crippen LogP contribution in [-0.4, -0.2) is 60.9 Å². The molecule has 0 aromatic heterocycles. The molecule has 2 saturated heterocycles. The lowest BCUT2D eigenvalue weighted by Gasteiger charge is -2.43. The van der Waals surface area contributed by atoms with Crippen LogP contribution in [0.25, 0.3) is 0 Å². The molecule has 1 atom stereocenters. The second-order valence-electron chi connectivity index (χ2n) is 7.47. The van der Waals surface area contributed by atoms with Crippen LogP contribution >= 0.6 is 0 Å². The Labute approximate surface area is 168 Å². The van der Waals surface area contributed by atoms with Crippen molar-refractivity contribution in [1.82, 2.24) is 9.80 Å². The number of hydrogen-bond acceptors (Lipinski definition) is 4. The van der Waals surface area contributed by atoms with Gasteiger partial charge in [-0.15, -0.1) is 0 Å². The first-order chi connectivity index (χ1) is 14.1. The molecule has 0 N–H and O–H groups in total. The maximum absolute atomic E-state index is 14.1. The summed E-state index contributed by atoms with van der Waals surface area (Å²) in [6.07, 6.45) is 0.779. The average molecular weight is 402 g/mol. The molecule has 5 nitrogen and oxygen atoms in total. The lowest BCUT2D eigenvalue weighted by atomic mass is 10.1. The van der Waals surface area contributed by atoms with Crippen LogP contribution in [0.1, 0.15) is 22.3 Å². The molecule has 4 rings (SSSR count). The van der Waals surface area contributed by atoms with Crippen molar-refractivity contribution in [1.29, 1.82) is 0 Å². The van der Waals surface area contributed by atoms with E-state index < -0.39 is 11.6 Å². The monoisotopic (exact) mass is 402 g/mol. The van der Waals surface area contributed by atoms with Gasteiger partial charge in [-0.2, -0.15) is 0 Å². The highest BCUT2D eigenvalue weighted by atomic mass is 19.1. The third kappa shape index (κ3) is 4.47. The SMILES string of the molecule is O=C(c1ccccc1F)N1CCOC2(CN(Cc3ccccc3F)CCCO2)C1. The summed E-state index contributed by atoms with van der Waals surface area (Å²) in [7, 11) is 0. The highest BCUT2D eigenvalue weighted by Gasteiger charge is 2.42.